The Bertz CT molecular complexity index is 1430. The minimum Gasteiger partial charge on any atom is -0.543 e. The van der Waals surface area contributed by atoms with Crippen molar-refractivity contribution in [1.82, 2.24) is 0 Å². The predicted molar refractivity (Wildman–Crippen MR) is 211 cm³/mol. The number of rotatable bonds is 5. The van der Waals surface area contributed by atoms with Crippen molar-refractivity contribution < 1.29 is 28.2 Å². The molecule has 3 heterocycles. The Hall–Kier alpha value is -1.62. The van der Waals surface area contributed by atoms with Gasteiger partial charge in [0.15, 0.2) is 8.32 Å². The zero-order chi connectivity index (χ0) is 37.9. The van der Waals surface area contributed by atoms with Crippen LogP contribution in [-0.2, 0) is 20.4 Å². The number of allylic oxidation sites excluding steroid dienone is 2. The van der Waals surface area contributed by atoms with Crippen LogP contribution in [0.1, 0.15) is 132 Å². The Labute approximate surface area is 307 Å². The third kappa shape index (κ3) is 7.98. The lowest BCUT2D eigenvalue weighted by molar-refractivity contribution is -0.165. The number of hydrogen-bond acceptors (Lipinski definition) is 5. The number of carboxylic acid groups (broad SMARTS) is 1. The second-order valence-electron chi connectivity index (χ2n) is 19.9. The van der Waals surface area contributed by atoms with E-state index in [-0.39, 0.29) is 46.1 Å². The standard InChI is InChI=1S/C42H72O6Si2/c1-25-18-19-33-30(6)37(48-50(16,17)41(11,12)13)31(7)38(45-33)35-32-24-42(39(43)44,29(5)22-27(3)21-26(2)20-25)46-36(32)28(4)23-34(35)47-49(14,15)40(8,9)10/h20,23,25,27,29-31,33,37-38H,18-19,21-22,24H2,1-17H3,(H,43,44)/b26-20+/t25-,27+,29-,30-,31+,33+,37-,38+,42?/m0/s1. The van der Waals surface area contributed by atoms with Crippen molar-refractivity contribution >= 4 is 22.6 Å². The molecule has 4 rings (SSSR count). The maximum atomic E-state index is 13.5. The fraction of sp³-hybridized carbons (Fsp3) is 0.786. The molecule has 284 valence electrons. The summed E-state index contributed by atoms with van der Waals surface area (Å²) in [5.41, 5.74) is 2.87. The molecule has 0 aromatic heterocycles. The first-order valence-corrected chi connectivity index (χ1v) is 25.3. The molecule has 0 spiro atoms. The van der Waals surface area contributed by atoms with Gasteiger partial charge in [-0.1, -0.05) is 87.8 Å². The largest absolute Gasteiger partial charge is 0.543 e. The van der Waals surface area contributed by atoms with Crippen molar-refractivity contribution in [2.24, 2.45) is 29.6 Å². The highest BCUT2D eigenvalue weighted by Crippen LogP contribution is 2.55. The fourth-order valence-electron chi connectivity index (χ4n) is 8.26. The van der Waals surface area contributed by atoms with Gasteiger partial charge in [0.05, 0.1) is 18.3 Å². The molecule has 4 bridgehead atoms. The Kier molecular flexibility index (Phi) is 11.8. The molecule has 1 aromatic carbocycles. The maximum Gasteiger partial charge on any atom is 0.348 e. The number of ether oxygens (including phenoxy) is 2. The quantitative estimate of drug-likeness (QED) is 0.240. The van der Waals surface area contributed by atoms with Crippen LogP contribution < -0.4 is 9.16 Å². The van der Waals surface area contributed by atoms with Crippen molar-refractivity contribution in [3.63, 3.8) is 0 Å². The van der Waals surface area contributed by atoms with Gasteiger partial charge < -0.3 is 23.4 Å². The van der Waals surface area contributed by atoms with E-state index >= 15 is 0 Å². The van der Waals surface area contributed by atoms with Crippen LogP contribution >= 0.6 is 0 Å². The molecule has 9 atom stereocenters. The Morgan fingerprint density at radius 1 is 0.920 bits per heavy atom. The molecule has 0 amide bonds. The lowest BCUT2D eigenvalue weighted by Gasteiger charge is -2.50. The highest BCUT2D eigenvalue weighted by Gasteiger charge is 2.55. The number of aryl methyl sites for hydroxylation is 1. The number of benzene rings is 1. The summed E-state index contributed by atoms with van der Waals surface area (Å²) in [5.74, 6) is 1.40. The molecular formula is C42H72O6Si2. The summed E-state index contributed by atoms with van der Waals surface area (Å²) in [7, 11) is -4.46. The summed E-state index contributed by atoms with van der Waals surface area (Å²) in [6, 6.07) is 2.12. The van der Waals surface area contributed by atoms with Crippen molar-refractivity contribution in [2.45, 2.75) is 182 Å². The summed E-state index contributed by atoms with van der Waals surface area (Å²) in [6.45, 7) is 38.6. The van der Waals surface area contributed by atoms with E-state index in [1.807, 2.05) is 6.92 Å². The first kappa shape index (κ1) is 41.1. The molecule has 1 aromatic rings. The normalized spacial score (nSPS) is 34.1. The second-order valence-corrected chi connectivity index (χ2v) is 29.4. The highest BCUT2D eigenvalue weighted by atomic mass is 28.4. The van der Waals surface area contributed by atoms with E-state index in [1.165, 1.54) is 5.57 Å². The van der Waals surface area contributed by atoms with E-state index in [0.717, 1.165) is 48.1 Å². The molecule has 3 aliphatic rings. The van der Waals surface area contributed by atoms with Gasteiger partial charge in [0.2, 0.25) is 13.9 Å². The second kappa shape index (κ2) is 14.3. The number of hydrogen-bond donors (Lipinski definition) is 1. The monoisotopic (exact) mass is 728 g/mol. The number of fused-ring (bicyclic) bond motifs is 4. The van der Waals surface area contributed by atoms with E-state index in [4.69, 9.17) is 18.3 Å². The van der Waals surface area contributed by atoms with Crippen LogP contribution in [0.2, 0.25) is 36.3 Å². The summed E-state index contributed by atoms with van der Waals surface area (Å²) >= 11 is 0. The predicted octanol–water partition coefficient (Wildman–Crippen LogP) is 11.7. The van der Waals surface area contributed by atoms with E-state index in [9.17, 15) is 9.90 Å². The van der Waals surface area contributed by atoms with Crippen molar-refractivity contribution in [3.05, 3.63) is 34.4 Å². The van der Waals surface area contributed by atoms with Crippen LogP contribution in [0.3, 0.4) is 0 Å². The van der Waals surface area contributed by atoms with Gasteiger partial charge in [-0.25, -0.2) is 4.79 Å². The maximum absolute atomic E-state index is 13.5. The smallest absolute Gasteiger partial charge is 0.348 e. The van der Waals surface area contributed by atoms with Crippen LogP contribution in [-0.4, -0.2) is 45.5 Å². The molecule has 0 radical (unpaired) electrons. The molecule has 6 nitrogen and oxygen atoms in total. The SMILES string of the molecule is C/C1=C\[C@@H](C)CC[C@H]2O[C@@H](c3c(O[Si](C)(C)C(C)(C)C)cc(C)c4c3CC(C(=O)O)(O4)[C@@H](C)C[C@H](C)C1)[C@H](C)[C@@H](O[Si](C)(C)C(C)(C)C)[C@H]2C. The average molecular weight is 729 g/mol. The molecule has 1 fully saturated rings. The topological polar surface area (TPSA) is 74.2 Å². The fourth-order valence-corrected chi connectivity index (χ4v) is 10.7. The van der Waals surface area contributed by atoms with Crippen molar-refractivity contribution in [2.75, 3.05) is 0 Å². The van der Waals surface area contributed by atoms with E-state index in [2.05, 4.69) is 121 Å². The summed E-state index contributed by atoms with van der Waals surface area (Å²) in [5, 5.41) is 11.1. The van der Waals surface area contributed by atoms with Crippen LogP contribution in [0.25, 0.3) is 0 Å². The number of aliphatic carboxylic acids is 1. The van der Waals surface area contributed by atoms with Crippen LogP contribution in [0, 0.1) is 36.5 Å². The molecule has 1 saturated heterocycles. The lowest BCUT2D eigenvalue weighted by atomic mass is 9.75. The third-order valence-electron chi connectivity index (χ3n) is 13.5. The number of carbonyl (C=O) groups is 1. The molecule has 8 heteroatoms. The average Bonchev–Trinajstić information content (AvgIpc) is 3.36. The van der Waals surface area contributed by atoms with Gasteiger partial charge in [-0.3, -0.25) is 0 Å². The van der Waals surface area contributed by atoms with Gasteiger partial charge in [0.25, 0.3) is 0 Å². The van der Waals surface area contributed by atoms with Gasteiger partial charge in [-0.2, -0.15) is 0 Å². The molecule has 0 saturated carbocycles. The molecule has 50 heavy (non-hydrogen) atoms. The summed E-state index contributed by atoms with van der Waals surface area (Å²) in [6.07, 6.45) is 6.04. The van der Waals surface area contributed by atoms with Crippen molar-refractivity contribution in [1.29, 1.82) is 0 Å². The summed E-state index contributed by atoms with van der Waals surface area (Å²) < 4.78 is 28.9. The van der Waals surface area contributed by atoms with Crippen molar-refractivity contribution in [3.8, 4) is 11.5 Å². The van der Waals surface area contributed by atoms with E-state index in [1.54, 1.807) is 0 Å². The van der Waals surface area contributed by atoms with Gasteiger partial charge >= 0.3 is 5.97 Å². The summed E-state index contributed by atoms with van der Waals surface area (Å²) in [4.78, 5) is 13.5. The van der Waals surface area contributed by atoms with Crippen LogP contribution in [0.5, 0.6) is 11.5 Å². The molecular weight excluding hydrogens is 657 g/mol. The van der Waals surface area contributed by atoms with Gasteiger partial charge in [0.1, 0.15) is 11.5 Å². The van der Waals surface area contributed by atoms with Gasteiger partial charge in [-0.15, -0.1) is 0 Å². The van der Waals surface area contributed by atoms with Gasteiger partial charge in [0, 0.05) is 35.3 Å². The molecule has 3 aliphatic heterocycles. The minimum absolute atomic E-state index is 0.0136. The zero-order valence-electron chi connectivity index (χ0n) is 34.8. The zero-order valence-corrected chi connectivity index (χ0v) is 36.8. The Morgan fingerprint density at radius 3 is 2.08 bits per heavy atom. The molecule has 0 aliphatic carbocycles. The molecule has 1 N–H and O–H groups in total. The first-order valence-electron chi connectivity index (χ1n) is 19.5. The first-order chi connectivity index (χ1) is 22.7. The van der Waals surface area contributed by atoms with Gasteiger partial charge in [-0.05, 0) is 99.3 Å². The third-order valence-corrected chi connectivity index (χ3v) is 22.3. The van der Waals surface area contributed by atoms with E-state index < -0.39 is 28.2 Å². The molecule has 1 unspecified atom stereocenters. The number of carboxylic acids is 1. The van der Waals surface area contributed by atoms with Crippen LogP contribution in [0.15, 0.2) is 17.7 Å². The van der Waals surface area contributed by atoms with Crippen LogP contribution in [0.4, 0.5) is 0 Å². The van der Waals surface area contributed by atoms with E-state index in [0.29, 0.717) is 24.0 Å². The lowest BCUT2D eigenvalue weighted by Crippen LogP contribution is -2.53. The Balaban J connectivity index is 2.01. The highest BCUT2D eigenvalue weighted by molar-refractivity contribution is 6.75. The minimum atomic E-state index is -2.31. The Morgan fingerprint density at radius 2 is 1.52 bits per heavy atom.